The minimum Gasteiger partial charge on any atom is -0.483 e. The van der Waals surface area contributed by atoms with Crippen LogP contribution < -0.4 is 4.74 Å². The molecule has 0 aliphatic carbocycles. The van der Waals surface area contributed by atoms with E-state index in [1.807, 2.05) is 29.2 Å². The molecule has 0 fully saturated rings. The van der Waals surface area contributed by atoms with Gasteiger partial charge in [0.15, 0.2) is 6.61 Å². The Kier molecular flexibility index (Phi) is 4.08. The molecule has 0 saturated heterocycles. The minimum atomic E-state index is 0.0394. The Bertz CT molecular complexity index is 626. The first-order valence-electron chi connectivity index (χ1n) is 6.44. The van der Waals surface area contributed by atoms with E-state index in [9.17, 15) is 4.79 Å². The van der Waals surface area contributed by atoms with E-state index in [4.69, 9.17) is 4.74 Å². The number of nitrogens with zero attached hydrogens (tertiary/aromatic N) is 1. The smallest absolute Gasteiger partial charge is 0.260 e. The van der Waals surface area contributed by atoms with Crippen molar-refractivity contribution in [3.05, 3.63) is 50.6 Å². The van der Waals surface area contributed by atoms with Crippen LogP contribution in [0.1, 0.15) is 10.4 Å². The van der Waals surface area contributed by atoms with Gasteiger partial charge in [-0.3, -0.25) is 4.79 Å². The van der Waals surface area contributed by atoms with E-state index < -0.39 is 0 Å². The number of fused-ring (bicyclic) bond motifs is 1. The van der Waals surface area contributed by atoms with Gasteiger partial charge in [0.2, 0.25) is 0 Å². The number of rotatable bonds is 3. The zero-order chi connectivity index (χ0) is 13.9. The number of amides is 1. The molecule has 5 heteroatoms. The molecule has 0 spiro atoms. The number of hydrogen-bond acceptors (Lipinski definition) is 3. The standard InChI is InChI=1S/C15H14BrNO2S/c16-12-3-1-2-4-13(12)19-10-15(18)17-7-5-14-11(9-17)6-8-20-14/h1-4,6,8H,5,7,9-10H2. The minimum absolute atomic E-state index is 0.0394. The Morgan fingerprint density at radius 2 is 2.20 bits per heavy atom. The monoisotopic (exact) mass is 351 g/mol. The molecule has 0 bridgehead atoms. The van der Waals surface area contributed by atoms with E-state index >= 15 is 0 Å². The van der Waals surface area contributed by atoms with Crippen molar-refractivity contribution in [2.45, 2.75) is 13.0 Å². The van der Waals surface area contributed by atoms with Crippen molar-refractivity contribution in [3.8, 4) is 5.75 Å². The number of para-hydroxylation sites is 1. The molecule has 0 saturated carbocycles. The first-order valence-corrected chi connectivity index (χ1v) is 8.11. The summed E-state index contributed by atoms with van der Waals surface area (Å²) in [5.41, 5.74) is 1.27. The number of thiophene rings is 1. The summed E-state index contributed by atoms with van der Waals surface area (Å²) in [5.74, 6) is 0.742. The summed E-state index contributed by atoms with van der Waals surface area (Å²) in [4.78, 5) is 15.5. The second kappa shape index (κ2) is 5.97. The Morgan fingerprint density at radius 1 is 1.35 bits per heavy atom. The van der Waals surface area contributed by atoms with Crippen LogP contribution in [0.2, 0.25) is 0 Å². The van der Waals surface area contributed by atoms with Gasteiger partial charge >= 0.3 is 0 Å². The fraction of sp³-hybridized carbons (Fsp3) is 0.267. The molecule has 1 amide bonds. The largest absolute Gasteiger partial charge is 0.483 e. The van der Waals surface area contributed by atoms with E-state index in [1.165, 1.54) is 10.4 Å². The van der Waals surface area contributed by atoms with Crippen molar-refractivity contribution in [1.82, 2.24) is 4.90 Å². The Labute approximate surface area is 130 Å². The summed E-state index contributed by atoms with van der Waals surface area (Å²) in [6.45, 7) is 1.57. The maximum Gasteiger partial charge on any atom is 0.260 e. The predicted molar refractivity (Wildman–Crippen MR) is 83.1 cm³/mol. The molecule has 2 heterocycles. The average Bonchev–Trinajstić information content (AvgIpc) is 2.93. The van der Waals surface area contributed by atoms with Gasteiger partial charge in [0, 0.05) is 18.0 Å². The molecule has 3 nitrogen and oxygen atoms in total. The lowest BCUT2D eigenvalue weighted by Crippen LogP contribution is -2.38. The number of carbonyl (C=O) groups is 1. The average molecular weight is 352 g/mol. The number of hydrogen-bond donors (Lipinski definition) is 0. The summed E-state index contributed by atoms with van der Waals surface area (Å²) in [5, 5.41) is 2.09. The van der Waals surface area contributed by atoms with Gasteiger partial charge in [-0.25, -0.2) is 0 Å². The lowest BCUT2D eigenvalue weighted by molar-refractivity contribution is -0.134. The molecule has 0 N–H and O–H groups in total. The number of halogens is 1. The van der Waals surface area contributed by atoms with E-state index in [0.717, 1.165) is 17.4 Å². The Hall–Kier alpha value is -1.33. The SMILES string of the molecule is O=C(COc1ccccc1Br)N1CCc2sccc2C1. The molecule has 104 valence electrons. The van der Waals surface area contributed by atoms with Crippen molar-refractivity contribution in [2.75, 3.05) is 13.2 Å². The zero-order valence-electron chi connectivity index (χ0n) is 10.8. The Balaban J connectivity index is 1.59. The zero-order valence-corrected chi connectivity index (χ0v) is 13.2. The second-order valence-corrected chi connectivity index (χ2v) is 6.51. The van der Waals surface area contributed by atoms with Crippen LogP contribution in [0.4, 0.5) is 0 Å². The highest BCUT2D eigenvalue weighted by Crippen LogP contribution is 2.25. The van der Waals surface area contributed by atoms with Crippen LogP contribution in [-0.2, 0) is 17.8 Å². The third kappa shape index (κ3) is 2.88. The first kappa shape index (κ1) is 13.6. The highest BCUT2D eigenvalue weighted by molar-refractivity contribution is 9.10. The molecule has 0 atom stereocenters. The highest BCUT2D eigenvalue weighted by atomic mass is 79.9. The van der Waals surface area contributed by atoms with Crippen LogP contribution in [-0.4, -0.2) is 24.0 Å². The maximum absolute atomic E-state index is 12.2. The van der Waals surface area contributed by atoms with E-state index in [1.54, 1.807) is 11.3 Å². The van der Waals surface area contributed by atoms with E-state index in [0.29, 0.717) is 12.3 Å². The summed E-state index contributed by atoms with van der Waals surface area (Å²) in [6.07, 6.45) is 0.952. The number of carbonyl (C=O) groups excluding carboxylic acids is 1. The molecule has 1 aromatic carbocycles. The molecule has 1 aliphatic rings. The van der Waals surface area contributed by atoms with Crippen LogP contribution in [0, 0.1) is 0 Å². The van der Waals surface area contributed by atoms with Gasteiger partial charge in [0.05, 0.1) is 4.47 Å². The van der Waals surface area contributed by atoms with Gasteiger partial charge in [-0.15, -0.1) is 11.3 Å². The molecule has 0 radical (unpaired) electrons. The molecule has 1 aliphatic heterocycles. The molecule has 3 rings (SSSR count). The third-order valence-corrected chi connectivity index (χ3v) is 5.03. The molecule has 1 aromatic heterocycles. The lowest BCUT2D eigenvalue weighted by Gasteiger charge is -2.27. The maximum atomic E-state index is 12.2. The van der Waals surface area contributed by atoms with Crippen molar-refractivity contribution in [1.29, 1.82) is 0 Å². The quantitative estimate of drug-likeness (QED) is 0.847. The topological polar surface area (TPSA) is 29.5 Å². The van der Waals surface area contributed by atoms with Gasteiger partial charge in [-0.2, -0.15) is 0 Å². The van der Waals surface area contributed by atoms with Crippen LogP contribution in [0.5, 0.6) is 5.75 Å². The third-order valence-electron chi connectivity index (χ3n) is 3.35. The molecule has 0 unspecified atom stereocenters. The number of benzene rings is 1. The summed E-state index contributed by atoms with van der Waals surface area (Å²) >= 11 is 5.19. The fourth-order valence-electron chi connectivity index (χ4n) is 2.25. The van der Waals surface area contributed by atoms with Gasteiger partial charge in [0.25, 0.3) is 5.91 Å². The molecule has 20 heavy (non-hydrogen) atoms. The summed E-state index contributed by atoms with van der Waals surface area (Å²) in [7, 11) is 0. The van der Waals surface area contributed by atoms with Crippen molar-refractivity contribution in [2.24, 2.45) is 0 Å². The van der Waals surface area contributed by atoms with E-state index in [2.05, 4.69) is 27.4 Å². The fourth-order valence-corrected chi connectivity index (χ4v) is 3.54. The van der Waals surface area contributed by atoms with Crippen LogP contribution in [0.25, 0.3) is 0 Å². The van der Waals surface area contributed by atoms with Crippen LogP contribution >= 0.6 is 27.3 Å². The van der Waals surface area contributed by atoms with Crippen molar-refractivity contribution < 1.29 is 9.53 Å². The summed E-state index contributed by atoms with van der Waals surface area (Å²) in [6, 6.07) is 9.67. The summed E-state index contributed by atoms with van der Waals surface area (Å²) < 4.78 is 6.45. The molecular formula is C15H14BrNO2S. The van der Waals surface area contributed by atoms with Gasteiger partial charge in [-0.1, -0.05) is 12.1 Å². The Morgan fingerprint density at radius 3 is 3.05 bits per heavy atom. The predicted octanol–water partition coefficient (Wildman–Crippen LogP) is 3.47. The van der Waals surface area contributed by atoms with Crippen LogP contribution in [0.3, 0.4) is 0 Å². The van der Waals surface area contributed by atoms with Crippen molar-refractivity contribution in [3.63, 3.8) is 0 Å². The van der Waals surface area contributed by atoms with Gasteiger partial charge in [-0.05, 0) is 51.5 Å². The van der Waals surface area contributed by atoms with E-state index in [-0.39, 0.29) is 12.5 Å². The first-order chi connectivity index (χ1) is 9.74. The lowest BCUT2D eigenvalue weighted by atomic mass is 10.1. The van der Waals surface area contributed by atoms with Crippen LogP contribution in [0.15, 0.2) is 40.2 Å². The van der Waals surface area contributed by atoms with Gasteiger partial charge in [0.1, 0.15) is 5.75 Å². The van der Waals surface area contributed by atoms with Crippen molar-refractivity contribution >= 4 is 33.2 Å². The van der Waals surface area contributed by atoms with Gasteiger partial charge < -0.3 is 9.64 Å². The normalized spacial score (nSPS) is 13.9. The highest BCUT2D eigenvalue weighted by Gasteiger charge is 2.21. The number of ether oxygens (including phenoxy) is 1. The molecular weight excluding hydrogens is 338 g/mol. The molecule has 2 aromatic rings. The second-order valence-electron chi connectivity index (χ2n) is 4.65.